The van der Waals surface area contributed by atoms with Gasteiger partial charge in [0.1, 0.15) is 11.5 Å². The van der Waals surface area contributed by atoms with Crippen molar-refractivity contribution in [2.24, 2.45) is 0 Å². The number of halogens is 3. The van der Waals surface area contributed by atoms with Crippen LogP contribution in [0.25, 0.3) is 0 Å². The molecule has 3 rings (SSSR count). The van der Waals surface area contributed by atoms with E-state index in [0.29, 0.717) is 24.3 Å². The van der Waals surface area contributed by atoms with Crippen molar-refractivity contribution in [1.29, 1.82) is 0 Å². The van der Waals surface area contributed by atoms with Gasteiger partial charge in [-0.05, 0) is 41.5 Å². The van der Waals surface area contributed by atoms with E-state index in [0.717, 1.165) is 17.7 Å². The van der Waals surface area contributed by atoms with Crippen molar-refractivity contribution in [3.05, 3.63) is 53.6 Å². The Bertz CT molecular complexity index is 864. The average molecular weight is 373 g/mol. The fraction of sp³-hybridized carbons (Fsp3) is 0.250. The second kappa shape index (κ2) is 6.57. The summed E-state index contributed by atoms with van der Waals surface area (Å²) in [6, 6.07) is 9.60. The van der Waals surface area contributed by atoms with Gasteiger partial charge < -0.3 is 9.47 Å². The van der Waals surface area contributed by atoms with Crippen LogP contribution in [-0.4, -0.2) is 21.4 Å². The molecular weight excluding hydrogens is 359 g/mol. The first-order chi connectivity index (χ1) is 11.7. The summed E-state index contributed by atoms with van der Waals surface area (Å²) in [4.78, 5) is 0.119. The number of benzene rings is 2. The molecule has 25 heavy (non-hydrogen) atoms. The van der Waals surface area contributed by atoms with Crippen LogP contribution in [0, 0.1) is 0 Å². The molecule has 0 atom stereocenters. The Morgan fingerprint density at radius 1 is 1.12 bits per heavy atom. The van der Waals surface area contributed by atoms with Crippen molar-refractivity contribution < 1.29 is 31.1 Å². The van der Waals surface area contributed by atoms with Crippen LogP contribution in [0.15, 0.2) is 47.4 Å². The van der Waals surface area contributed by atoms with E-state index >= 15 is 0 Å². The number of nitrogens with one attached hydrogen (secondary N) is 1. The molecule has 0 unspecified atom stereocenters. The highest BCUT2D eigenvalue weighted by Gasteiger charge is 2.31. The molecule has 0 amide bonds. The molecular formula is C16H14F3NO4S. The van der Waals surface area contributed by atoms with E-state index in [4.69, 9.17) is 4.74 Å². The highest BCUT2D eigenvalue weighted by atomic mass is 32.2. The second-order valence-electron chi connectivity index (χ2n) is 5.38. The summed E-state index contributed by atoms with van der Waals surface area (Å²) >= 11 is 0. The topological polar surface area (TPSA) is 64.6 Å². The van der Waals surface area contributed by atoms with Gasteiger partial charge in [-0.3, -0.25) is 0 Å². The van der Waals surface area contributed by atoms with Gasteiger partial charge in [-0.2, -0.15) is 0 Å². The van der Waals surface area contributed by atoms with Crippen LogP contribution in [0.3, 0.4) is 0 Å². The largest absolute Gasteiger partial charge is 0.573 e. The molecule has 1 N–H and O–H groups in total. The highest BCUT2D eigenvalue weighted by Crippen LogP contribution is 2.27. The Hall–Kier alpha value is -2.26. The van der Waals surface area contributed by atoms with Gasteiger partial charge in [-0.15, -0.1) is 13.2 Å². The van der Waals surface area contributed by atoms with Gasteiger partial charge in [0, 0.05) is 13.0 Å². The van der Waals surface area contributed by atoms with Gasteiger partial charge in [0.15, 0.2) is 0 Å². The molecule has 1 heterocycles. The Balaban J connectivity index is 1.66. The zero-order valence-corrected chi connectivity index (χ0v) is 13.7. The number of alkyl halides is 3. The van der Waals surface area contributed by atoms with Crippen LogP contribution in [0.2, 0.25) is 0 Å². The highest BCUT2D eigenvalue weighted by molar-refractivity contribution is 7.89. The van der Waals surface area contributed by atoms with Crippen LogP contribution in [-0.2, 0) is 23.0 Å². The smallest absolute Gasteiger partial charge is 0.493 e. The molecule has 1 aliphatic rings. The summed E-state index contributed by atoms with van der Waals surface area (Å²) in [5, 5.41) is 0. The van der Waals surface area contributed by atoms with Gasteiger partial charge in [0.2, 0.25) is 10.0 Å². The Morgan fingerprint density at radius 3 is 2.52 bits per heavy atom. The van der Waals surface area contributed by atoms with Crippen LogP contribution in [0.5, 0.6) is 11.5 Å². The molecule has 5 nitrogen and oxygen atoms in total. The van der Waals surface area contributed by atoms with E-state index < -0.39 is 16.4 Å². The third-order valence-corrected chi connectivity index (χ3v) is 4.99. The predicted molar refractivity (Wildman–Crippen MR) is 82.8 cm³/mol. The minimum atomic E-state index is -4.76. The van der Waals surface area contributed by atoms with E-state index in [-0.39, 0.29) is 17.2 Å². The number of sulfonamides is 1. The summed E-state index contributed by atoms with van der Waals surface area (Å²) in [6.07, 6.45) is -4.11. The maximum absolute atomic E-state index is 12.3. The van der Waals surface area contributed by atoms with E-state index in [9.17, 15) is 21.6 Å². The monoisotopic (exact) mass is 373 g/mol. The zero-order chi connectivity index (χ0) is 18.1. The number of hydrogen-bond donors (Lipinski definition) is 1. The van der Waals surface area contributed by atoms with Gasteiger partial charge >= 0.3 is 6.36 Å². The normalized spacial score (nSPS) is 14.0. The van der Waals surface area contributed by atoms with E-state index in [1.54, 1.807) is 12.1 Å². The zero-order valence-electron chi connectivity index (χ0n) is 12.8. The Morgan fingerprint density at radius 2 is 1.84 bits per heavy atom. The van der Waals surface area contributed by atoms with Crippen LogP contribution in [0.4, 0.5) is 13.2 Å². The molecule has 134 valence electrons. The van der Waals surface area contributed by atoms with E-state index in [1.807, 2.05) is 0 Å². The molecule has 0 radical (unpaired) electrons. The summed E-state index contributed by atoms with van der Waals surface area (Å²) in [5.41, 5.74) is 1.33. The SMILES string of the molecule is O=S(=O)(NCc1ccc(OC(F)(F)F)cc1)c1ccc2c(c1)CCO2. The van der Waals surface area contributed by atoms with Crippen LogP contribution < -0.4 is 14.2 Å². The molecule has 0 saturated heterocycles. The summed E-state index contributed by atoms with van der Waals surface area (Å²) in [5.74, 6) is 0.317. The Kier molecular flexibility index (Phi) is 4.61. The molecule has 0 aromatic heterocycles. The molecule has 0 bridgehead atoms. The van der Waals surface area contributed by atoms with Crippen LogP contribution >= 0.6 is 0 Å². The minimum absolute atomic E-state index is 0.0534. The maximum Gasteiger partial charge on any atom is 0.573 e. The van der Waals surface area contributed by atoms with Crippen molar-refractivity contribution in [1.82, 2.24) is 4.72 Å². The van der Waals surface area contributed by atoms with Crippen molar-refractivity contribution in [3.63, 3.8) is 0 Å². The van der Waals surface area contributed by atoms with Gasteiger partial charge in [0.05, 0.1) is 11.5 Å². The lowest BCUT2D eigenvalue weighted by Crippen LogP contribution is -2.23. The van der Waals surface area contributed by atoms with E-state index in [1.165, 1.54) is 18.2 Å². The lowest BCUT2D eigenvalue weighted by molar-refractivity contribution is -0.274. The molecule has 9 heteroatoms. The van der Waals surface area contributed by atoms with Crippen molar-refractivity contribution in [3.8, 4) is 11.5 Å². The number of ether oxygens (including phenoxy) is 2. The first-order valence-corrected chi connectivity index (χ1v) is 8.81. The molecule has 0 spiro atoms. The van der Waals surface area contributed by atoms with Gasteiger partial charge in [0.25, 0.3) is 0 Å². The third-order valence-electron chi connectivity index (χ3n) is 3.59. The number of rotatable bonds is 5. The molecule has 0 saturated carbocycles. The molecule has 0 fully saturated rings. The quantitative estimate of drug-likeness (QED) is 0.875. The average Bonchev–Trinajstić information content (AvgIpc) is 3.00. The molecule has 2 aromatic rings. The summed E-state index contributed by atoms with van der Waals surface area (Å²) < 4.78 is 72.5. The molecule has 0 aliphatic carbocycles. The first kappa shape index (κ1) is 17.6. The summed E-state index contributed by atoms with van der Waals surface area (Å²) in [7, 11) is -3.74. The summed E-state index contributed by atoms with van der Waals surface area (Å²) in [6.45, 7) is 0.473. The first-order valence-electron chi connectivity index (χ1n) is 7.33. The second-order valence-corrected chi connectivity index (χ2v) is 7.15. The number of fused-ring (bicyclic) bond motifs is 1. The minimum Gasteiger partial charge on any atom is -0.493 e. The lowest BCUT2D eigenvalue weighted by atomic mass is 10.2. The molecule has 1 aliphatic heterocycles. The van der Waals surface area contributed by atoms with Crippen molar-refractivity contribution in [2.75, 3.05) is 6.61 Å². The molecule has 2 aromatic carbocycles. The van der Waals surface area contributed by atoms with Gasteiger partial charge in [-0.1, -0.05) is 12.1 Å². The van der Waals surface area contributed by atoms with Crippen molar-refractivity contribution >= 4 is 10.0 Å². The van der Waals surface area contributed by atoms with Gasteiger partial charge in [-0.25, -0.2) is 13.1 Å². The van der Waals surface area contributed by atoms with Crippen molar-refractivity contribution in [2.45, 2.75) is 24.2 Å². The number of hydrogen-bond acceptors (Lipinski definition) is 4. The van der Waals surface area contributed by atoms with E-state index in [2.05, 4.69) is 9.46 Å². The maximum atomic E-state index is 12.3. The lowest BCUT2D eigenvalue weighted by Gasteiger charge is -2.10. The Labute approximate surface area is 142 Å². The fourth-order valence-electron chi connectivity index (χ4n) is 2.40. The van der Waals surface area contributed by atoms with Crippen LogP contribution in [0.1, 0.15) is 11.1 Å². The standard InChI is InChI=1S/C16H14F3NO4S/c17-16(18,19)24-13-3-1-11(2-4-13)10-20-25(21,22)14-5-6-15-12(9-14)7-8-23-15/h1-6,9,20H,7-8,10H2. The third kappa shape index (κ3) is 4.43. The fourth-order valence-corrected chi connectivity index (χ4v) is 3.47. The predicted octanol–water partition coefficient (Wildman–Crippen LogP) is 3.00.